The van der Waals surface area contributed by atoms with Gasteiger partial charge in [0.2, 0.25) is 5.91 Å². The molecule has 0 aromatic heterocycles. The highest BCUT2D eigenvalue weighted by Crippen LogP contribution is 2.33. The second-order valence-electron chi connectivity index (χ2n) is 6.46. The summed E-state index contributed by atoms with van der Waals surface area (Å²) in [5.74, 6) is -0.332. The summed E-state index contributed by atoms with van der Waals surface area (Å²) in [7, 11) is 0. The maximum absolute atomic E-state index is 12.6. The zero-order valence-corrected chi connectivity index (χ0v) is 13.0. The number of ether oxygens (including phenoxy) is 2. The molecule has 1 amide bonds. The van der Waals surface area contributed by atoms with Crippen LogP contribution in [0.1, 0.15) is 48.7 Å². The van der Waals surface area contributed by atoms with E-state index in [-0.39, 0.29) is 23.9 Å². The van der Waals surface area contributed by atoms with Crippen LogP contribution < -0.4 is 0 Å². The number of amides is 1. The first-order valence-electron chi connectivity index (χ1n) is 7.68. The average molecular weight is 303 g/mol. The van der Waals surface area contributed by atoms with Gasteiger partial charge in [-0.2, -0.15) is 0 Å². The van der Waals surface area contributed by atoms with Gasteiger partial charge in [-0.15, -0.1) is 0 Å². The van der Waals surface area contributed by atoms with Crippen molar-refractivity contribution in [3.63, 3.8) is 0 Å². The van der Waals surface area contributed by atoms with E-state index in [0.29, 0.717) is 25.3 Å². The molecule has 5 heteroatoms. The first-order valence-corrected chi connectivity index (χ1v) is 7.68. The van der Waals surface area contributed by atoms with E-state index in [1.54, 1.807) is 12.1 Å². The molecule has 1 atom stereocenters. The van der Waals surface area contributed by atoms with Gasteiger partial charge in [0.1, 0.15) is 6.10 Å². The Morgan fingerprint density at radius 2 is 2.14 bits per heavy atom. The molecule has 2 aliphatic rings. The number of cyclic esters (lactones) is 1. The molecule has 2 aliphatic heterocycles. The molecule has 0 N–H and O–H groups in total. The molecule has 2 heterocycles. The fourth-order valence-corrected chi connectivity index (χ4v) is 3.06. The summed E-state index contributed by atoms with van der Waals surface area (Å²) in [5, 5.41) is 0. The van der Waals surface area contributed by atoms with Gasteiger partial charge in [-0.05, 0) is 26.3 Å². The molecule has 1 aromatic rings. The SMILES string of the molecule is CC1(C)CN(C(=O)CC2OC(=O)c3ccccc32)CCCO1. The minimum absolute atomic E-state index is 0.00748. The van der Waals surface area contributed by atoms with Gasteiger partial charge in [-0.3, -0.25) is 4.79 Å². The highest BCUT2D eigenvalue weighted by atomic mass is 16.5. The normalized spacial score (nSPS) is 23.6. The van der Waals surface area contributed by atoms with Gasteiger partial charge in [-0.1, -0.05) is 18.2 Å². The van der Waals surface area contributed by atoms with Crippen LogP contribution >= 0.6 is 0 Å². The molecule has 1 aromatic carbocycles. The molecule has 5 nitrogen and oxygen atoms in total. The largest absolute Gasteiger partial charge is 0.453 e. The molecular formula is C17H21NO4. The fourth-order valence-electron chi connectivity index (χ4n) is 3.06. The van der Waals surface area contributed by atoms with Crippen molar-refractivity contribution in [3.8, 4) is 0 Å². The van der Waals surface area contributed by atoms with Crippen molar-refractivity contribution in [2.45, 2.75) is 38.4 Å². The Kier molecular flexibility index (Phi) is 3.91. The van der Waals surface area contributed by atoms with Crippen LogP contribution in [0.5, 0.6) is 0 Å². The number of hydrogen-bond acceptors (Lipinski definition) is 4. The zero-order chi connectivity index (χ0) is 15.7. The number of fused-ring (bicyclic) bond motifs is 1. The molecule has 1 saturated heterocycles. The molecule has 0 bridgehead atoms. The summed E-state index contributed by atoms with van der Waals surface area (Å²) >= 11 is 0. The van der Waals surface area contributed by atoms with Crippen molar-refractivity contribution in [2.24, 2.45) is 0 Å². The summed E-state index contributed by atoms with van der Waals surface area (Å²) in [6.07, 6.45) is 0.554. The predicted molar refractivity (Wildman–Crippen MR) is 80.4 cm³/mol. The van der Waals surface area contributed by atoms with E-state index < -0.39 is 6.10 Å². The molecule has 0 saturated carbocycles. The first kappa shape index (κ1) is 15.0. The Bertz CT molecular complexity index is 596. The lowest BCUT2D eigenvalue weighted by atomic mass is 10.0. The van der Waals surface area contributed by atoms with Crippen molar-refractivity contribution < 1.29 is 19.1 Å². The molecular weight excluding hydrogens is 282 g/mol. The third kappa shape index (κ3) is 2.99. The van der Waals surface area contributed by atoms with Crippen LogP contribution in [0.4, 0.5) is 0 Å². The smallest absolute Gasteiger partial charge is 0.339 e. The number of carbonyl (C=O) groups excluding carboxylic acids is 2. The minimum Gasteiger partial charge on any atom is -0.453 e. The van der Waals surface area contributed by atoms with E-state index in [1.165, 1.54) is 0 Å². The maximum atomic E-state index is 12.6. The van der Waals surface area contributed by atoms with Crippen molar-refractivity contribution in [1.82, 2.24) is 4.90 Å². The monoisotopic (exact) mass is 303 g/mol. The zero-order valence-electron chi connectivity index (χ0n) is 13.0. The quantitative estimate of drug-likeness (QED) is 0.787. The van der Waals surface area contributed by atoms with Crippen LogP contribution in [0.2, 0.25) is 0 Å². The van der Waals surface area contributed by atoms with Crippen LogP contribution in [-0.4, -0.2) is 42.1 Å². The van der Waals surface area contributed by atoms with Crippen LogP contribution in [0, 0.1) is 0 Å². The van der Waals surface area contributed by atoms with Gasteiger partial charge in [0, 0.05) is 25.3 Å². The number of carbonyl (C=O) groups is 2. The van der Waals surface area contributed by atoms with Crippen molar-refractivity contribution in [1.29, 1.82) is 0 Å². The van der Waals surface area contributed by atoms with Crippen molar-refractivity contribution in [3.05, 3.63) is 35.4 Å². The molecule has 1 fully saturated rings. The van der Waals surface area contributed by atoms with E-state index >= 15 is 0 Å². The van der Waals surface area contributed by atoms with Crippen molar-refractivity contribution in [2.75, 3.05) is 19.7 Å². The summed E-state index contributed by atoms with van der Waals surface area (Å²) in [4.78, 5) is 26.2. The lowest BCUT2D eigenvalue weighted by Crippen LogP contribution is -2.42. The Balaban J connectivity index is 1.71. The van der Waals surface area contributed by atoms with Crippen molar-refractivity contribution >= 4 is 11.9 Å². The number of hydrogen-bond donors (Lipinski definition) is 0. The van der Waals surface area contributed by atoms with E-state index in [9.17, 15) is 9.59 Å². The molecule has 118 valence electrons. The van der Waals surface area contributed by atoms with Crippen LogP contribution in [0.25, 0.3) is 0 Å². The minimum atomic E-state index is -0.469. The predicted octanol–water partition coefficient (Wildman–Crippen LogP) is 2.32. The Morgan fingerprint density at radius 1 is 1.36 bits per heavy atom. The number of rotatable bonds is 2. The van der Waals surface area contributed by atoms with Crippen LogP contribution in [-0.2, 0) is 14.3 Å². The second kappa shape index (κ2) is 5.72. The van der Waals surface area contributed by atoms with Gasteiger partial charge < -0.3 is 14.4 Å². The third-order valence-electron chi connectivity index (χ3n) is 4.13. The third-order valence-corrected chi connectivity index (χ3v) is 4.13. The van der Waals surface area contributed by atoms with Crippen LogP contribution in [0.3, 0.4) is 0 Å². The van der Waals surface area contributed by atoms with E-state index in [0.717, 1.165) is 12.0 Å². The lowest BCUT2D eigenvalue weighted by Gasteiger charge is -2.29. The summed E-state index contributed by atoms with van der Waals surface area (Å²) in [5.41, 5.74) is 1.04. The first-order chi connectivity index (χ1) is 10.5. The maximum Gasteiger partial charge on any atom is 0.339 e. The lowest BCUT2D eigenvalue weighted by molar-refractivity contribution is -0.135. The molecule has 1 unspecified atom stereocenters. The molecule has 0 aliphatic carbocycles. The van der Waals surface area contributed by atoms with Crippen LogP contribution in [0.15, 0.2) is 24.3 Å². The standard InChI is InChI=1S/C17H21NO4/c1-17(2)11-18(8-5-9-21-17)15(19)10-14-12-6-3-4-7-13(12)16(20)22-14/h3-4,6-7,14H,5,8-11H2,1-2H3. The number of nitrogens with zero attached hydrogens (tertiary/aromatic N) is 1. The van der Waals surface area contributed by atoms with Gasteiger partial charge >= 0.3 is 5.97 Å². The van der Waals surface area contributed by atoms with Gasteiger partial charge in [0.15, 0.2) is 0 Å². The second-order valence-corrected chi connectivity index (χ2v) is 6.46. The Labute approximate surface area is 130 Å². The van der Waals surface area contributed by atoms with E-state index in [4.69, 9.17) is 9.47 Å². The molecule has 22 heavy (non-hydrogen) atoms. The van der Waals surface area contributed by atoms with E-state index in [1.807, 2.05) is 30.9 Å². The number of benzene rings is 1. The van der Waals surface area contributed by atoms with E-state index in [2.05, 4.69) is 0 Å². The number of esters is 1. The van der Waals surface area contributed by atoms with Gasteiger partial charge in [0.05, 0.1) is 17.6 Å². The highest BCUT2D eigenvalue weighted by Gasteiger charge is 2.35. The van der Waals surface area contributed by atoms with Gasteiger partial charge in [0.25, 0.3) is 0 Å². The Morgan fingerprint density at radius 3 is 2.95 bits per heavy atom. The topological polar surface area (TPSA) is 55.8 Å². The fraction of sp³-hybridized carbons (Fsp3) is 0.529. The molecule has 0 spiro atoms. The molecule has 3 rings (SSSR count). The highest BCUT2D eigenvalue weighted by molar-refractivity contribution is 5.94. The summed E-state index contributed by atoms with van der Waals surface area (Å²) in [6, 6.07) is 7.26. The Hall–Kier alpha value is -1.88. The molecule has 0 radical (unpaired) electrons. The van der Waals surface area contributed by atoms with Gasteiger partial charge in [-0.25, -0.2) is 4.79 Å². The summed E-state index contributed by atoms with van der Waals surface area (Å²) in [6.45, 7) is 5.89. The average Bonchev–Trinajstić information content (AvgIpc) is 2.66. The summed E-state index contributed by atoms with van der Waals surface area (Å²) < 4.78 is 11.1.